The van der Waals surface area contributed by atoms with Gasteiger partial charge in [-0.05, 0) is 77.9 Å². The van der Waals surface area contributed by atoms with E-state index in [1.807, 2.05) is 24.1 Å². The highest BCUT2D eigenvalue weighted by atomic mass is 35.5. The van der Waals surface area contributed by atoms with E-state index in [4.69, 9.17) is 11.6 Å². The normalized spacial score (nSPS) is 29.5. The van der Waals surface area contributed by atoms with Gasteiger partial charge in [-0.1, -0.05) is 48.4 Å². The molecule has 0 fully saturated rings. The lowest BCUT2D eigenvalue weighted by Crippen LogP contribution is -2.63. The van der Waals surface area contributed by atoms with E-state index in [0.717, 1.165) is 50.0 Å². The molecule has 0 saturated heterocycles. The minimum absolute atomic E-state index is 0.0120. The third-order valence-electron chi connectivity index (χ3n) is 9.10. The Morgan fingerprint density at radius 2 is 1.90 bits per heavy atom. The van der Waals surface area contributed by atoms with Crippen LogP contribution in [0.2, 0.25) is 5.02 Å². The summed E-state index contributed by atoms with van der Waals surface area (Å²) in [5, 5.41) is 23.8. The molecular weight excluding hydrogens is 520 g/mol. The van der Waals surface area contributed by atoms with Crippen LogP contribution in [-0.2, 0) is 0 Å². The molecule has 3 aliphatic rings. The molecule has 8 heteroatoms. The first kappa shape index (κ1) is 31.1. The molecule has 0 amide bonds. The van der Waals surface area contributed by atoms with Crippen molar-refractivity contribution in [2.24, 2.45) is 5.92 Å². The first-order chi connectivity index (χ1) is 19.2. The maximum absolute atomic E-state index is 11.6. The molecule has 40 heavy (non-hydrogen) atoms. The molecule has 0 bridgehead atoms. The first-order valence-corrected chi connectivity index (χ1v) is 15.5. The van der Waals surface area contributed by atoms with Gasteiger partial charge in [0.15, 0.2) is 6.23 Å². The molecule has 222 valence electrons. The third-order valence-corrected chi connectivity index (χ3v) is 9.33. The lowest BCUT2D eigenvalue weighted by Gasteiger charge is -2.41. The van der Waals surface area contributed by atoms with E-state index in [0.29, 0.717) is 23.0 Å². The van der Waals surface area contributed by atoms with Gasteiger partial charge in [-0.15, -0.1) is 0 Å². The number of hydrogen-bond acceptors (Lipinski definition) is 7. The zero-order valence-corrected chi connectivity index (χ0v) is 26.2. The lowest BCUT2D eigenvalue weighted by atomic mass is 9.80. The predicted molar refractivity (Wildman–Crippen MR) is 168 cm³/mol. The van der Waals surface area contributed by atoms with Crippen molar-refractivity contribution in [3.8, 4) is 0 Å². The Bertz CT molecular complexity index is 1080. The van der Waals surface area contributed by atoms with Crippen LogP contribution in [0.4, 0.5) is 5.69 Å². The second-order valence-corrected chi connectivity index (χ2v) is 12.2. The number of benzene rings is 1. The molecule has 1 heterocycles. The summed E-state index contributed by atoms with van der Waals surface area (Å²) in [6.45, 7) is 10.9. The summed E-state index contributed by atoms with van der Waals surface area (Å²) in [5.41, 5.74) is 5.01. The number of nitrogens with zero attached hydrogens (tertiary/aromatic N) is 3. The van der Waals surface area contributed by atoms with Crippen molar-refractivity contribution in [3.63, 3.8) is 0 Å². The molecule has 0 radical (unpaired) electrons. The fourth-order valence-electron chi connectivity index (χ4n) is 6.83. The number of halogens is 1. The van der Waals surface area contributed by atoms with E-state index in [-0.39, 0.29) is 18.4 Å². The molecule has 7 nitrogen and oxygen atoms in total. The van der Waals surface area contributed by atoms with Gasteiger partial charge in [-0.25, -0.2) is 0 Å². The summed E-state index contributed by atoms with van der Waals surface area (Å²) in [7, 11) is 6.32. The third kappa shape index (κ3) is 6.77. The number of rotatable bonds is 10. The van der Waals surface area contributed by atoms with Crippen LogP contribution >= 0.6 is 11.6 Å². The van der Waals surface area contributed by atoms with Gasteiger partial charge in [0.2, 0.25) is 0 Å². The van der Waals surface area contributed by atoms with E-state index in [1.54, 1.807) is 0 Å². The average molecular weight is 571 g/mol. The molecule has 0 spiro atoms. The second kappa shape index (κ2) is 13.9. The number of nitrogens with one attached hydrogen (secondary N) is 3. The summed E-state index contributed by atoms with van der Waals surface area (Å²) in [4.78, 5) is 6.79. The fraction of sp³-hybridized carbons (Fsp3) is 0.625. The minimum atomic E-state index is -0.757. The summed E-state index contributed by atoms with van der Waals surface area (Å²) in [5.74, 6) is 0.290. The second-order valence-electron chi connectivity index (χ2n) is 11.7. The van der Waals surface area contributed by atoms with Crippen LogP contribution in [-0.4, -0.2) is 79.8 Å². The Labute approximate surface area is 247 Å². The van der Waals surface area contributed by atoms with Gasteiger partial charge in [0.05, 0.1) is 6.17 Å². The number of hydrogen-bond donors (Lipinski definition) is 4. The number of fused-ring (bicyclic) bond motifs is 1. The van der Waals surface area contributed by atoms with Crippen molar-refractivity contribution >= 4 is 17.3 Å². The van der Waals surface area contributed by atoms with Crippen molar-refractivity contribution in [2.75, 3.05) is 39.1 Å². The molecule has 2 aliphatic carbocycles. The Balaban J connectivity index is 1.55. The van der Waals surface area contributed by atoms with Gasteiger partial charge >= 0.3 is 0 Å². The maximum Gasteiger partial charge on any atom is 0.155 e. The molecule has 4 N–H and O–H groups in total. The Morgan fingerprint density at radius 1 is 1.15 bits per heavy atom. The van der Waals surface area contributed by atoms with Crippen LogP contribution in [0, 0.1) is 5.92 Å². The monoisotopic (exact) mass is 570 g/mol. The first-order valence-electron chi connectivity index (χ1n) is 15.1. The van der Waals surface area contributed by atoms with Gasteiger partial charge < -0.3 is 19.8 Å². The Kier molecular flexibility index (Phi) is 10.8. The molecule has 4 rings (SSSR count). The van der Waals surface area contributed by atoms with Crippen LogP contribution in [0.1, 0.15) is 65.0 Å². The number of aliphatic hydroxyl groups is 1. The largest absolute Gasteiger partial charge is 0.376 e. The van der Waals surface area contributed by atoms with Crippen LogP contribution in [0.5, 0.6) is 0 Å². The quantitative estimate of drug-likeness (QED) is 0.301. The van der Waals surface area contributed by atoms with Gasteiger partial charge in [0, 0.05) is 67.0 Å². The standard InChI is InChI=1S/C32H51ClN6O/c1-8-22-13-11-12-14-25(22)30-26-19-23(33)15-18-28(26)38(7)32(40)31(36-30)35-21(4)34-27-17-16-24(39(9-2)10-3)20-29(27)37(5)6/h11-13,15-16,18-19,21,25,27,29-32,34-36,40H,8-10,14,17,20H2,1-7H3. The molecule has 0 aromatic heterocycles. The maximum atomic E-state index is 11.6. The summed E-state index contributed by atoms with van der Waals surface area (Å²) in [6.07, 6.45) is 11.9. The van der Waals surface area contributed by atoms with Crippen molar-refractivity contribution < 1.29 is 5.11 Å². The van der Waals surface area contributed by atoms with E-state index >= 15 is 0 Å². The van der Waals surface area contributed by atoms with Crippen LogP contribution < -0.4 is 20.9 Å². The van der Waals surface area contributed by atoms with Crippen LogP contribution in [0.25, 0.3) is 0 Å². The topological polar surface area (TPSA) is 66.0 Å². The van der Waals surface area contributed by atoms with E-state index in [2.05, 4.69) is 97.9 Å². The molecule has 7 atom stereocenters. The van der Waals surface area contributed by atoms with Crippen LogP contribution in [0.15, 0.2) is 53.8 Å². The Hall–Kier alpha value is -1.87. The van der Waals surface area contributed by atoms with E-state index < -0.39 is 6.23 Å². The highest BCUT2D eigenvalue weighted by molar-refractivity contribution is 6.30. The number of allylic oxidation sites excluding steroid dienone is 3. The van der Waals surface area contributed by atoms with Crippen molar-refractivity contribution in [3.05, 3.63) is 64.4 Å². The predicted octanol–water partition coefficient (Wildman–Crippen LogP) is 4.82. The Morgan fingerprint density at radius 3 is 2.58 bits per heavy atom. The van der Waals surface area contributed by atoms with Gasteiger partial charge in [-0.2, -0.15) is 0 Å². The molecule has 1 aliphatic heterocycles. The van der Waals surface area contributed by atoms with Gasteiger partial charge in [-0.3, -0.25) is 16.0 Å². The highest BCUT2D eigenvalue weighted by Crippen LogP contribution is 2.42. The van der Waals surface area contributed by atoms with Gasteiger partial charge in [0.25, 0.3) is 0 Å². The summed E-state index contributed by atoms with van der Waals surface area (Å²) < 4.78 is 0. The minimum Gasteiger partial charge on any atom is -0.376 e. The van der Waals surface area contributed by atoms with Crippen molar-refractivity contribution in [1.29, 1.82) is 0 Å². The zero-order valence-electron chi connectivity index (χ0n) is 25.5. The summed E-state index contributed by atoms with van der Waals surface area (Å²) in [6, 6.07) is 6.74. The van der Waals surface area contributed by atoms with Crippen molar-refractivity contribution in [1.82, 2.24) is 25.8 Å². The number of aliphatic hydroxyl groups excluding tert-OH is 1. The molecule has 1 aromatic carbocycles. The molecular formula is C32H51ClN6O. The van der Waals surface area contributed by atoms with Gasteiger partial charge in [0.1, 0.15) is 6.17 Å². The average Bonchev–Trinajstić information content (AvgIpc) is 3.04. The van der Waals surface area contributed by atoms with Crippen molar-refractivity contribution in [2.45, 2.75) is 90.1 Å². The molecule has 1 aromatic rings. The molecule has 0 saturated carbocycles. The number of likely N-dealkylation sites (N-methyl/N-ethyl adjacent to an activating group) is 2. The van der Waals surface area contributed by atoms with Crippen LogP contribution in [0.3, 0.4) is 0 Å². The highest BCUT2D eigenvalue weighted by Gasteiger charge is 2.38. The molecule has 7 unspecified atom stereocenters. The fourth-order valence-corrected chi connectivity index (χ4v) is 7.01. The lowest BCUT2D eigenvalue weighted by molar-refractivity contribution is 0.0903. The number of anilines is 1. The summed E-state index contributed by atoms with van der Waals surface area (Å²) >= 11 is 6.53. The SMILES string of the molecule is CCC1=CC=CCC1C1NC(NC(C)NC2CC=C(N(CC)CC)CC2N(C)C)C(O)N(C)c2ccc(Cl)cc21. The van der Waals surface area contributed by atoms with E-state index in [9.17, 15) is 5.11 Å². The zero-order chi connectivity index (χ0) is 29.0. The van der Waals surface area contributed by atoms with E-state index in [1.165, 1.54) is 11.3 Å². The smallest absolute Gasteiger partial charge is 0.155 e.